The van der Waals surface area contributed by atoms with E-state index in [0.29, 0.717) is 6.04 Å². The number of hydrogen-bond donors (Lipinski definition) is 1. The SMILES string of the molecule is CCNC(C#N)CCN1CC2CCCCN2CC1C. The van der Waals surface area contributed by atoms with Crippen molar-refractivity contribution in [3.63, 3.8) is 0 Å². The molecule has 2 saturated heterocycles. The lowest BCUT2D eigenvalue weighted by Crippen LogP contribution is -2.59. The van der Waals surface area contributed by atoms with Crippen molar-refractivity contribution in [2.24, 2.45) is 0 Å². The highest BCUT2D eigenvalue weighted by Crippen LogP contribution is 2.24. The largest absolute Gasteiger partial charge is 0.302 e. The average Bonchev–Trinajstić information content (AvgIpc) is 2.43. The molecular weight excluding hydrogens is 236 g/mol. The second kappa shape index (κ2) is 7.23. The van der Waals surface area contributed by atoms with E-state index in [-0.39, 0.29) is 6.04 Å². The van der Waals surface area contributed by atoms with Crippen LogP contribution in [-0.4, -0.2) is 60.6 Å². The molecule has 2 rings (SSSR count). The Morgan fingerprint density at radius 3 is 2.95 bits per heavy atom. The van der Waals surface area contributed by atoms with Crippen molar-refractivity contribution in [1.82, 2.24) is 15.1 Å². The summed E-state index contributed by atoms with van der Waals surface area (Å²) in [4.78, 5) is 5.27. The lowest BCUT2D eigenvalue weighted by Gasteiger charge is -2.47. The fourth-order valence-corrected chi connectivity index (χ4v) is 3.48. The van der Waals surface area contributed by atoms with Crippen LogP contribution in [0.4, 0.5) is 0 Å². The average molecular weight is 264 g/mol. The van der Waals surface area contributed by atoms with Crippen LogP contribution >= 0.6 is 0 Å². The molecule has 0 spiro atoms. The summed E-state index contributed by atoms with van der Waals surface area (Å²) in [6.45, 7) is 10.0. The number of nitrogens with one attached hydrogen (secondary N) is 1. The molecule has 0 aromatic heterocycles. The molecule has 108 valence electrons. The molecular formula is C15H28N4. The van der Waals surface area contributed by atoms with Gasteiger partial charge in [-0.3, -0.25) is 9.80 Å². The van der Waals surface area contributed by atoms with Crippen LogP contribution in [0.3, 0.4) is 0 Å². The molecule has 19 heavy (non-hydrogen) atoms. The lowest BCUT2D eigenvalue weighted by molar-refractivity contribution is 0.0143. The summed E-state index contributed by atoms with van der Waals surface area (Å²) in [5, 5.41) is 12.3. The van der Waals surface area contributed by atoms with E-state index in [0.717, 1.165) is 25.6 Å². The fraction of sp³-hybridized carbons (Fsp3) is 0.933. The Kier molecular flexibility index (Phi) is 5.62. The first-order valence-corrected chi connectivity index (χ1v) is 7.85. The first-order valence-electron chi connectivity index (χ1n) is 7.85. The van der Waals surface area contributed by atoms with Crippen LogP contribution in [0.15, 0.2) is 0 Å². The molecule has 4 heteroatoms. The molecule has 2 heterocycles. The molecule has 2 aliphatic rings. The van der Waals surface area contributed by atoms with Gasteiger partial charge in [0, 0.05) is 31.7 Å². The predicted octanol–water partition coefficient (Wildman–Crippen LogP) is 1.44. The number of hydrogen-bond acceptors (Lipinski definition) is 4. The van der Waals surface area contributed by atoms with Crippen LogP contribution in [0.2, 0.25) is 0 Å². The summed E-state index contributed by atoms with van der Waals surface area (Å²) < 4.78 is 0. The van der Waals surface area contributed by atoms with E-state index < -0.39 is 0 Å². The number of piperidine rings is 1. The highest BCUT2D eigenvalue weighted by atomic mass is 15.3. The molecule has 0 radical (unpaired) electrons. The zero-order chi connectivity index (χ0) is 13.7. The van der Waals surface area contributed by atoms with E-state index >= 15 is 0 Å². The molecule has 0 bridgehead atoms. The van der Waals surface area contributed by atoms with Gasteiger partial charge in [-0.05, 0) is 39.3 Å². The molecule has 0 aromatic rings. The van der Waals surface area contributed by atoms with E-state index in [1.807, 2.05) is 0 Å². The third-order valence-corrected chi connectivity index (χ3v) is 4.63. The van der Waals surface area contributed by atoms with Gasteiger partial charge in [0.25, 0.3) is 0 Å². The van der Waals surface area contributed by atoms with Gasteiger partial charge in [0.05, 0.1) is 12.1 Å². The highest BCUT2D eigenvalue weighted by Gasteiger charge is 2.32. The Morgan fingerprint density at radius 1 is 1.37 bits per heavy atom. The van der Waals surface area contributed by atoms with Crippen molar-refractivity contribution >= 4 is 0 Å². The van der Waals surface area contributed by atoms with Crippen LogP contribution in [0.25, 0.3) is 0 Å². The van der Waals surface area contributed by atoms with Gasteiger partial charge in [0.15, 0.2) is 0 Å². The minimum absolute atomic E-state index is 0.0154. The second-order valence-electron chi connectivity index (χ2n) is 6.02. The van der Waals surface area contributed by atoms with Crippen LogP contribution in [0, 0.1) is 11.3 Å². The van der Waals surface area contributed by atoms with Gasteiger partial charge in [-0.1, -0.05) is 13.3 Å². The summed E-state index contributed by atoms with van der Waals surface area (Å²) >= 11 is 0. The Morgan fingerprint density at radius 2 is 2.21 bits per heavy atom. The van der Waals surface area contributed by atoms with Crippen molar-refractivity contribution in [2.75, 3.05) is 32.7 Å². The smallest absolute Gasteiger partial charge is 0.0965 e. The van der Waals surface area contributed by atoms with Gasteiger partial charge in [-0.25, -0.2) is 0 Å². The Labute approximate surface area is 117 Å². The van der Waals surface area contributed by atoms with Crippen molar-refractivity contribution in [2.45, 2.75) is 57.7 Å². The second-order valence-corrected chi connectivity index (χ2v) is 6.02. The fourth-order valence-electron chi connectivity index (χ4n) is 3.48. The van der Waals surface area contributed by atoms with Crippen LogP contribution in [0.1, 0.15) is 39.5 Å². The molecule has 0 amide bonds. The molecule has 2 fully saturated rings. The minimum atomic E-state index is 0.0154. The molecule has 2 aliphatic heterocycles. The standard InChI is InChI=1S/C15H28N4/c1-3-17-14(10-16)7-9-18-12-15-6-4-5-8-19(15)11-13(18)2/h13-15,17H,3-9,11-12H2,1-2H3. The van der Waals surface area contributed by atoms with Crippen molar-refractivity contribution in [3.8, 4) is 6.07 Å². The van der Waals surface area contributed by atoms with Crippen LogP contribution < -0.4 is 5.32 Å². The first-order chi connectivity index (χ1) is 9.24. The van der Waals surface area contributed by atoms with Gasteiger partial charge in [0.2, 0.25) is 0 Å². The van der Waals surface area contributed by atoms with E-state index in [4.69, 9.17) is 5.26 Å². The Balaban J connectivity index is 1.81. The molecule has 0 saturated carbocycles. The molecule has 3 unspecified atom stereocenters. The first kappa shape index (κ1) is 14.8. The highest BCUT2D eigenvalue weighted by molar-refractivity contribution is 4.93. The van der Waals surface area contributed by atoms with Crippen LogP contribution in [-0.2, 0) is 0 Å². The number of rotatable bonds is 5. The minimum Gasteiger partial charge on any atom is -0.302 e. The quantitative estimate of drug-likeness (QED) is 0.816. The maximum atomic E-state index is 9.10. The zero-order valence-corrected chi connectivity index (χ0v) is 12.4. The summed E-state index contributed by atoms with van der Waals surface area (Å²) in [6, 6.07) is 3.78. The van der Waals surface area contributed by atoms with Gasteiger partial charge >= 0.3 is 0 Å². The summed E-state index contributed by atoms with van der Waals surface area (Å²) in [7, 11) is 0. The number of fused-ring (bicyclic) bond motifs is 1. The summed E-state index contributed by atoms with van der Waals surface area (Å²) in [6.07, 6.45) is 5.07. The molecule has 1 N–H and O–H groups in total. The third kappa shape index (κ3) is 3.92. The molecule has 3 atom stereocenters. The topological polar surface area (TPSA) is 42.3 Å². The van der Waals surface area contributed by atoms with Gasteiger partial charge < -0.3 is 5.32 Å². The van der Waals surface area contributed by atoms with Gasteiger partial charge in [-0.2, -0.15) is 5.26 Å². The van der Waals surface area contributed by atoms with Gasteiger partial charge in [0.1, 0.15) is 0 Å². The maximum Gasteiger partial charge on any atom is 0.0965 e. The zero-order valence-electron chi connectivity index (χ0n) is 12.4. The molecule has 0 aliphatic carbocycles. The van der Waals surface area contributed by atoms with Crippen molar-refractivity contribution in [3.05, 3.63) is 0 Å². The maximum absolute atomic E-state index is 9.10. The lowest BCUT2D eigenvalue weighted by atomic mass is 9.97. The Bertz CT molecular complexity index is 312. The third-order valence-electron chi connectivity index (χ3n) is 4.63. The summed E-state index contributed by atoms with van der Waals surface area (Å²) in [5.74, 6) is 0. The van der Waals surface area contributed by atoms with Crippen molar-refractivity contribution < 1.29 is 0 Å². The van der Waals surface area contributed by atoms with Crippen LogP contribution in [0.5, 0.6) is 0 Å². The monoisotopic (exact) mass is 264 g/mol. The number of nitriles is 1. The molecule has 4 nitrogen and oxygen atoms in total. The normalized spacial score (nSPS) is 30.6. The Hall–Kier alpha value is -0.630. The van der Waals surface area contributed by atoms with Crippen molar-refractivity contribution in [1.29, 1.82) is 5.26 Å². The predicted molar refractivity (Wildman–Crippen MR) is 77.9 cm³/mol. The van der Waals surface area contributed by atoms with E-state index in [2.05, 4.69) is 35.0 Å². The van der Waals surface area contributed by atoms with Gasteiger partial charge in [-0.15, -0.1) is 0 Å². The molecule has 0 aromatic carbocycles. The number of nitrogens with zero attached hydrogens (tertiary/aromatic N) is 3. The van der Waals surface area contributed by atoms with E-state index in [1.165, 1.54) is 38.9 Å². The van der Waals surface area contributed by atoms with E-state index in [9.17, 15) is 0 Å². The number of piperazine rings is 1. The van der Waals surface area contributed by atoms with E-state index in [1.54, 1.807) is 0 Å². The summed E-state index contributed by atoms with van der Waals surface area (Å²) in [5.41, 5.74) is 0.